The summed E-state index contributed by atoms with van der Waals surface area (Å²) in [6, 6.07) is 6.25. The number of anilines is 1. The van der Waals surface area contributed by atoms with Gasteiger partial charge in [-0.25, -0.2) is 12.7 Å². The first kappa shape index (κ1) is 18.6. The van der Waals surface area contributed by atoms with Crippen LogP contribution < -0.4 is 5.32 Å². The Morgan fingerprint density at radius 1 is 1.05 bits per heavy atom. The van der Waals surface area contributed by atoms with Gasteiger partial charge in [0.1, 0.15) is 0 Å². The van der Waals surface area contributed by atoms with Crippen molar-refractivity contribution >= 4 is 21.6 Å². The van der Waals surface area contributed by atoms with Gasteiger partial charge in [-0.2, -0.15) is 0 Å². The summed E-state index contributed by atoms with van der Waals surface area (Å²) in [6.45, 7) is 2.16. The second kappa shape index (κ2) is 8.90. The highest BCUT2D eigenvalue weighted by atomic mass is 32.2. The first-order valence-electron chi connectivity index (χ1n) is 7.70. The summed E-state index contributed by atoms with van der Waals surface area (Å²) in [6.07, 6.45) is 6.03. The number of hydrogen-bond donors (Lipinski definition) is 1. The van der Waals surface area contributed by atoms with Crippen molar-refractivity contribution in [1.82, 2.24) is 4.31 Å². The van der Waals surface area contributed by atoms with Crippen LogP contribution in [-0.2, 0) is 14.8 Å². The minimum Gasteiger partial charge on any atom is -0.326 e. The van der Waals surface area contributed by atoms with Gasteiger partial charge in [0.05, 0.1) is 4.90 Å². The van der Waals surface area contributed by atoms with Crippen molar-refractivity contribution in [2.24, 2.45) is 0 Å². The van der Waals surface area contributed by atoms with E-state index in [1.54, 1.807) is 12.1 Å². The maximum Gasteiger partial charge on any atom is 0.242 e. The topological polar surface area (TPSA) is 66.5 Å². The standard InChI is InChI=1S/C16H26N2O3S/c1-4-5-6-7-8-9-16(19)17-14-10-12-15(13-11-14)22(20,21)18(2)3/h10-13H,4-9H2,1-3H3,(H,17,19). The van der Waals surface area contributed by atoms with Crippen molar-refractivity contribution in [1.29, 1.82) is 0 Å². The lowest BCUT2D eigenvalue weighted by atomic mass is 10.1. The van der Waals surface area contributed by atoms with E-state index in [9.17, 15) is 13.2 Å². The molecule has 0 saturated heterocycles. The summed E-state index contributed by atoms with van der Waals surface area (Å²) in [5.41, 5.74) is 0.622. The van der Waals surface area contributed by atoms with E-state index in [0.29, 0.717) is 12.1 Å². The molecule has 0 saturated carbocycles. The molecule has 1 rings (SSSR count). The molecule has 0 unspecified atom stereocenters. The van der Waals surface area contributed by atoms with Crippen LogP contribution in [0.2, 0.25) is 0 Å². The van der Waals surface area contributed by atoms with E-state index in [2.05, 4.69) is 12.2 Å². The van der Waals surface area contributed by atoms with Crippen LogP contribution in [0.25, 0.3) is 0 Å². The largest absolute Gasteiger partial charge is 0.326 e. The van der Waals surface area contributed by atoms with E-state index in [0.717, 1.165) is 17.1 Å². The first-order valence-corrected chi connectivity index (χ1v) is 9.14. The number of unbranched alkanes of at least 4 members (excludes halogenated alkanes) is 4. The number of carbonyl (C=O) groups is 1. The number of sulfonamides is 1. The van der Waals surface area contributed by atoms with Crippen LogP contribution in [0.4, 0.5) is 5.69 Å². The Morgan fingerprint density at radius 3 is 2.18 bits per heavy atom. The smallest absolute Gasteiger partial charge is 0.242 e. The fraction of sp³-hybridized carbons (Fsp3) is 0.562. The van der Waals surface area contributed by atoms with Crippen molar-refractivity contribution in [2.45, 2.75) is 50.3 Å². The van der Waals surface area contributed by atoms with Crippen LogP contribution in [0, 0.1) is 0 Å². The molecular formula is C16H26N2O3S. The molecule has 0 radical (unpaired) electrons. The van der Waals surface area contributed by atoms with Gasteiger partial charge in [0.2, 0.25) is 15.9 Å². The summed E-state index contributed by atoms with van der Waals surface area (Å²) in [4.78, 5) is 12.0. The predicted octanol–water partition coefficient (Wildman–Crippen LogP) is 3.24. The minimum absolute atomic E-state index is 0.0280. The molecule has 0 atom stereocenters. The van der Waals surface area contributed by atoms with Crippen molar-refractivity contribution in [3.63, 3.8) is 0 Å². The third-order valence-corrected chi connectivity index (χ3v) is 5.25. The zero-order chi connectivity index (χ0) is 16.6. The van der Waals surface area contributed by atoms with E-state index in [4.69, 9.17) is 0 Å². The van der Waals surface area contributed by atoms with Gasteiger partial charge < -0.3 is 5.32 Å². The fourth-order valence-corrected chi connectivity index (χ4v) is 2.94. The highest BCUT2D eigenvalue weighted by Crippen LogP contribution is 2.17. The molecule has 0 heterocycles. The molecule has 1 amide bonds. The van der Waals surface area contributed by atoms with E-state index < -0.39 is 10.0 Å². The molecule has 0 fully saturated rings. The number of nitrogens with zero attached hydrogens (tertiary/aromatic N) is 1. The summed E-state index contributed by atoms with van der Waals surface area (Å²) in [7, 11) is -0.445. The number of carbonyl (C=O) groups excluding carboxylic acids is 1. The Morgan fingerprint density at radius 2 is 1.64 bits per heavy atom. The fourth-order valence-electron chi connectivity index (χ4n) is 2.03. The number of rotatable bonds is 9. The quantitative estimate of drug-likeness (QED) is 0.708. The molecule has 124 valence electrons. The summed E-state index contributed by atoms with van der Waals surface area (Å²) < 4.78 is 25.0. The second-order valence-corrected chi connectivity index (χ2v) is 7.68. The monoisotopic (exact) mass is 326 g/mol. The summed E-state index contributed by atoms with van der Waals surface area (Å²) in [5.74, 6) is -0.0280. The van der Waals surface area contributed by atoms with Crippen LogP contribution >= 0.6 is 0 Å². The molecule has 0 aliphatic heterocycles. The predicted molar refractivity (Wildman–Crippen MR) is 89.3 cm³/mol. The molecule has 1 aromatic carbocycles. The number of benzene rings is 1. The molecule has 22 heavy (non-hydrogen) atoms. The molecule has 0 aliphatic carbocycles. The van der Waals surface area contributed by atoms with E-state index in [-0.39, 0.29) is 10.8 Å². The zero-order valence-electron chi connectivity index (χ0n) is 13.6. The van der Waals surface area contributed by atoms with Gasteiger partial charge >= 0.3 is 0 Å². The highest BCUT2D eigenvalue weighted by Gasteiger charge is 2.16. The van der Waals surface area contributed by atoms with E-state index in [1.807, 2.05) is 0 Å². The van der Waals surface area contributed by atoms with Crippen LogP contribution in [0.5, 0.6) is 0 Å². The zero-order valence-corrected chi connectivity index (χ0v) is 14.4. The number of nitrogens with one attached hydrogen (secondary N) is 1. The molecule has 1 N–H and O–H groups in total. The first-order chi connectivity index (χ1) is 10.4. The molecular weight excluding hydrogens is 300 g/mol. The number of amides is 1. The van der Waals surface area contributed by atoms with Gasteiger partial charge in [-0.15, -0.1) is 0 Å². The molecule has 5 nitrogen and oxygen atoms in total. The summed E-state index contributed by atoms with van der Waals surface area (Å²) >= 11 is 0. The molecule has 0 aliphatic rings. The normalized spacial score (nSPS) is 11.6. The Bertz CT molecular complexity index is 566. The Kier molecular flexibility index (Phi) is 7.55. The molecule has 0 aromatic heterocycles. The van der Waals surface area contributed by atoms with Crippen LogP contribution in [0.3, 0.4) is 0 Å². The Balaban J connectivity index is 2.49. The molecule has 0 bridgehead atoms. The Labute approximate surface area is 133 Å². The average Bonchev–Trinajstić information content (AvgIpc) is 2.47. The van der Waals surface area contributed by atoms with E-state index >= 15 is 0 Å². The van der Waals surface area contributed by atoms with Gasteiger partial charge in [-0.1, -0.05) is 32.6 Å². The third kappa shape index (κ3) is 5.77. The van der Waals surface area contributed by atoms with Crippen LogP contribution in [-0.4, -0.2) is 32.7 Å². The van der Waals surface area contributed by atoms with Gasteiger partial charge in [0.15, 0.2) is 0 Å². The van der Waals surface area contributed by atoms with E-state index in [1.165, 1.54) is 45.5 Å². The SMILES string of the molecule is CCCCCCCC(=O)Nc1ccc(S(=O)(=O)N(C)C)cc1. The summed E-state index contributed by atoms with van der Waals surface area (Å²) in [5, 5.41) is 2.79. The maximum atomic E-state index is 11.9. The average molecular weight is 326 g/mol. The van der Waals surface area contributed by atoms with Crippen LogP contribution in [0.1, 0.15) is 45.4 Å². The molecule has 0 spiro atoms. The van der Waals surface area contributed by atoms with Crippen molar-refractivity contribution < 1.29 is 13.2 Å². The highest BCUT2D eigenvalue weighted by molar-refractivity contribution is 7.89. The Hall–Kier alpha value is -1.40. The van der Waals surface area contributed by atoms with Crippen molar-refractivity contribution in [2.75, 3.05) is 19.4 Å². The second-order valence-electron chi connectivity index (χ2n) is 5.52. The van der Waals surface area contributed by atoms with Gasteiger partial charge in [0, 0.05) is 26.2 Å². The lowest BCUT2D eigenvalue weighted by Gasteiger charge is -2.12. The third-order valence-electron chi connectivity index (χ3n) is 3.42. The van der Waals surface area contributed by atoms with Gasteiger partial charge in [0.25, 0.3) is 0 Å². The van der Waals surface area contributed by atoms with Gasteiger partial charge in [-0.3, -0.25) is 4.79 Å². The van der Waals surface area contributed by atoms with Crippen LogP contribution in [0.15, 0.2) is 29.2 Å². The van der Waals surface area contributed by atoms with Crippen molar-refractivity contribution in [3.8, 4) is 0 Å². The minimum atomic E-state index is -3.42. The lowest BCUT2D eigenvalue weighted by molar-refractivity contribution is -0.116. The lowest BCUT2D eigenvalue weighted by Crippen LogP contribution is -2.22. The molecule has 6 heteroatoms. The number of hydrogen-bond acceptors (Lipinski definition) is 3. The van der Waals surface area contributed by atoms with Gasteiger partial charge in [-0.05, 0) is 30.7 Å². The maximum absolute atomic E-state index is 11.9. The van der Waals surface area contributed by atoms with Crippen molar-refractivity contribution in [3.05, 3.63) is 24.3 Å². The molecule has 1 aromatic rings.